The van der Waals surface area contributed by atoms with E-state index in [2.05, 4.69) is 10.5 Å². The first-order valence-electron chi connectivity index (χ1n) is 8.61. The Labute approximate surface area is 160 Å². The molecule has 4 rings (SSSR count). The normalized spacial score (nSPS) is 10.6. The average molecular weight is 372 g/mol. The van der Waals surface area contributed by atoms with Crippen molar-refractivity contribution in [2.45, 2.75) is 0 Å². The lowest BCUT2D eigenvalue weighted by molar-refractivity contribution is 0.0602. The third-order valence-corrected chi connectivity index (χ3v) is 4.36. The van der Waals surface area contributed by atoms with Crippen molar-refractivity contribution >= 4 is 28.5 Å². The summed E-state index contributed by atoms with van der Waals surface area (Å²) in [5.74, 6) is -0.268. The van der Waals surface area contributed by atoms with Crippen LogP contribution < -0.4 is 5.32 Å². The van der Waals surface area contributed by atoms with Crippen LogP contribution in [0.15, 0.2) is 77.3 Å². The van der Waals surface area contributed by atoms with Gasteiger partial charge in [-0.25, -0.2) is 4.79 Å². The van der Waals surface area contributed by atoms with Gasteiger partial charge in [-0.15, -0.1) is 0 Å². The number of benzene rings is 3. The molecule has 1 aromatic heterocycles. The highest BCUT2D eigenvalue weighted by Gasteiger charge is 2.17. The summed E-state index contributed by atoms with van der Waals surface area (Å²) in [5.41, 5.74) is 2.62. The van der Waals surface area contributed by atoms with E-state index >= 15 is 0 Å². The number of para-hydroxylation sites is 1. The summed E-state index contributed by atoms with van der Waals surface area (Å²) in [6.07, 6.45) is 0. The molecule has 0 aliphatic carbocycles. The summed E-state index contributed by atoms with van der Waals surface area (Å²) in [5, 5.41) is 7.56. The maximum absolute atomic E-state index is 12.8. The first-order valence-corrected chi connectivity index (χ1v) is 8.61. The minimum absolute atomic E-state index is 0.286. The molecule has 4 aromatic rings. The molecule has 3 aromatic carbocycles. The molecule has 0 unspecified atom stereocenters. The number of carbonyl (C=O) groups is 2. The van der Waals surface area contributed by atoms with Crippen LogP contribution in [0.1, 0.15) is 20.7 Å². The molecule has 0 aliphatic rings. The Balaban J connectivity index is 1.69. The van der Waals surface area contributed by atoms with Crippen molar-refractivity contribution in [3.05, 3.63) is 83.9 Å². The third-order valence-electron chi connectivity index (χ3n) is 4.36. The molecule has 1 heterocycles. The molecule has 6 heteroatoms. The molecular weight excluding hydrogens is 356 g/mol. The maximum Gasteiger partial charge on any atom is 0.339 e. The van der Waals surface area contributed by atoms with Gasteiger partial charge in [0.25, 0.3) is 5.91 Å². The summed E-state index contributed by atoms with van der Waals surface area (Å²) in [4.78, 5) is 24.7. The van der Waals surface area contributed by atoms with Crippen molar-refractivity contribution in [2.24, 2.45) is 0 Å². The van der Waals surface area contributed by atoms with Crippen LogP contribution in [-0.4, -0.2) is 24.1 Å². The number of methoxy groups -OCH3 is 1. The van der Waals surface area contributed by atoms with E-state index in [1.165, 1.54) is 7.11 Å². The lowest BCUT2D eigenvalue weighted by Gasteiger charge is -2.09. The summed E-state index contributed by atoms with van der Waals surface area (Å²) in [6, 6.07) is 21.4. The number of hydrogen-bond donors (Lipinski definition) is 1. The van der Waals surface area contributed by atoms with Crippen LogP contribution >= 0.6 is 0 Å². The predicted octanol–water partition coefficient (Wildman–Crippen LogP) is 4.53. The molecule has 0 aliphatic heterocycles. The molecule has 138 valence electrons. The van der Waals surface area contributed by atoms with E-state index in [1.807, 2.05) is 30.3 Å². The third kappa shape index (κ3) is 3.23. The van der Waals surface area contributed by atoms with E-state index in [9.17, 15) is 9.59 Å². The molecule has 0 spiro atoms. The van der Waals surface area contributed by atoms with Crippen molar-refractivity contribution in [1.82, 2.24) is 5.16 Å². The summed E-state index contributed by atoms with van der Waals surface area (Å²) in [6.45, 7) is 0. The first kappa shape index (κ1) is 17.5. The molecule has 28 heavy (non-hydrogen) atoms. The fourth-order valence-corrected chi connectivity index (χ4v) is 2.96. The van der Waals surface area contributed by atoms with Gasteiger partial charge < -0.3 is 14.6 Å². The van der Waals surface area contributed by atoms with Crippen molar-refractivity contribution in [1.29, 1.82) is 0 Å². The van der Waals surface area contributed by atoms with Gasteiger partial charge in [-0.05, 0) is 30.3 Å². The van der Waals surface area contributed by atoms with E-state index in [-0.39, 0.29) is 11.5 Å². The number of aromatic nitrogens is 1. The van der Waals surface area contributed by atoms with Gasteiger partial charge >= 0.3 is 5.97 Å². The molecule has 0 bridgehead atoms. The van der Waals surface area contributed by atoms with Crippen LogP contribution in [0.2, 0.25) is 0 Å². The zero-order chi connectivity index (χ0) is 19.5. The van der Waals surface area contributed by atoms with E-state index < -0.39 is 5.97 Å². The number of amides is 1. The van der Waals surface area contributed by atoms with Gasteiger partial charge in [0.2, 0.25) is 0 Å². The largest absolute Gasteiger partial charge is 0.465 e. The fraction of sp³-hybridized carbons (Fsp3) is 0.0455. The Morgan fingerprint density at radius 2 is 1.71 bits per heavy atom. The van der Waals surface area contributed by atoms with Crippen LogP contribution in [0.5, 0.6) is 0 Å². The van der Waals surface area contributed by atoms with Crippen LogP contribution in [0.25, 0.3) is 22.2 Å². The van der Waals surface area contributed by atoms with Gasteiger partial charge in [-0.2, -0.15) is 0 Å². The molecule has 1 amide bonds. The number of esters is 1. The second-order valence-electron chi connectivity index (χ2n) is 6.10. The Morgan fingerprint density at radius 1 is 0.964 bits per heavy atom. The highest BCUT2D eigenvalue weighted by atomic mass is 16.5. The van der Waals surface area contributed by atoms with E-state index in [0.29, 0.717) is 22.5 Å². The number of hydrogen-bond acceptors (Lipinski definition) is 5. The van der Waals surface area contributed by atoms with Crippen LogP contribution in [0, 0.1) is 0 Å². The Hall–Kier alpha value is -3.93. The molecule has 1 N–H and O–H groups in total. The number of fused-ring (bicyclic) bond motifs is 1. The second-order valence-corrected chi connectivity index (χ2v) is 6.10. The van der Waals surface area contributed by atoms with Crippen LogP contribution in [0.3, 0.4) is 0 Å². The highest BCUT2D eigenvalue weighted by Crippen LogP contribution is 2.29. The number of ether oxygens (including phenoxy) is 1. The number of nitrogens with one attached hydrogen (secondary N) is 1. The molecule has 0 saturated heterocycles. The second kappa shape index (κ2) is 7.36. The number of rotatable bonds is 4. The monoisotopic (exact) mass is 372 g/mol. The van der Waals surface area contributed by atoms with Crippen molar-refractivity contribution in [2.75, 3.05) is 12.4 Å². The number of carbonyl (C=O) groups excluding carboxylic acids is 2. The zero-order valence-electron chi connectivity index (χ0n) is 15.0. The van der Waals surface area contributed by atoms with E-state index in [4.69, 9.17) is 9.26 Å². The van der Waals surface area contributed by atoms with Gasteiger partial charge in [-0.1, -0.05) is 47.6 Å². The van der Waals surface area contributed by atoms with Crippen molar-refractivity contribution < 1.29 is 18.8 Å². The van der Waals surface area contributed by atoms with Gasteiger partial charge in [0.15, 0.2) is 5.76 Å². The Kier molecular flexibility index (Phi) is 4.60. The Bertz CT molecular complexity index is 1170. The minimum Gasteiger partial charge on any atom is -0.465 e. The predicted molar refractivity (Wildman–Crippen MR) is 105 cm³/mol. The van der Waals surface area contributed by atoms with Crippen molar-refractivity contribution in [3.8, 4) is 11.3 Å². The molecule has 0 fully saturated rings. The summed E-state index contributed by atoms with van der Waals surface area (Å²) < 4.78 is 10.2. The lowest BCUT2D eigenvalue weighted by Crippen LogP contribution is -2.15. The topological polar surface area (TPSA) is 81.4 Å². The molecular formula is C22H16N2O4. The van der Waals surface area contributed by atoms with Gasteiger partial charge in [0, 0.05) is 11.1 Å². The SMILES string of the molecule is COC(=O)c1ccccc1NC(=O)c1ccc2noc(-c3ccccc3)c2c1. The lowest BCUT2D eigenvalue weighted by atomic mass is 10.1. The van der Waals surface area contributed by atoms with Crippen LogP contribution in [-0.2, 0) is 4.74 Å². The first-order chi connectivity index (χ1) is 13.7. The fourth-order valence-electron chi connectivity index (χ4n) is 2.96. The Morgan fingerprint density at radius 3 is 2.50 bits per heavy atom. The average Bonchev–Trinajstić information content (AvgIpc) is 3.17. The smallest absolute Gasteiger partial charge is 0.339 e. The maximum atomic E-state index is 12.8. The highest BCUT2D eigenvalue weighted by molar-refractivity contribution is 6.10. The van der Waals surface area contributed by atoms with Gasteiger partial charge in [0.1, 0.15) is 5.52 Å². The molecule has 0 saturated carbocycles. The van der Waals surface area contributed by atoms with Crippen LogP contribution in [0.4, 0.5) is 5.69 Å². The zero-order valence-corrected chi connectivity index (χ0v) is 15.0. The van der Waals surface area contributed by atoms with Crippen molar-refractivity contribution in [3.63, 3.8) is 0 Å². The molecule has 6 nitrogen and oxygen atoms in total. The molecule has 0 atom stereocenters. The van der Waals surface area contributed by atoms with Gasteiger partial charge in [-0.3, -0.25) is 4.79 Å². The summed E-state index contributed by atoms with van der Waals surface area (Å²) in [7, 11) is 1.30. The number of anilines is 1. The quantitative estimate of drug-likeness (QED) is 0.532. The van der Waals surface area contributed by atoms with E-state index in [0.717, 1.165) is 10.9 Å². The minimum atomic E-state index is -0.517. The van der Waals surface area contributed by atoms with Gasteiger partial charge in [0.05, 0.1) is 23.7 Å². The number of nitrogens with zero attached hydrogens (tertiary/aromatic N) is 1. The van der Waals surface area contributed by atoms with E-state index in [1.54, 1.807) is 42.5 Å². The molecule has 0 radical (unpaired) electrons. The standard InChI is InChI=1S/C22H16N2O4/c1-27-22(26)16-9-5-6-10-18(16)23-21(25)15-11-12-19-17(13-15)20(28-24-19)14-7-3-2-4-8-14/h2-13H,1H3,(H,23,25). The summed E-state index contributed by atoms with van der Waals surface area (Å²) >= 11 is 0.